The first-order chi connectivity index (χ1) is 18.2. The summed E-state index contributed by atoms with van der Waals surface area (Å²) in [6.07, 6.45) is 9.63. The van der Waals surface area contributed by atoms with Crippen LogP contribution in [-0.4, -0.2) is 60.2 Å². The number of aryl methyl sites for hydroxylation is 1. The van der Waals surface area contributed by atoms with E-state index >= 15 is 0 Å². The molecule has 8 heteroatoms. The molecule has 4 aromatic rings. The second-order valence-corrected chi connectivity index (χ2v) is 12.8. The van der Waals surface area contributed by atoms with E-state index in [0.29, 0.717) is 11.9 Å². The molecule has 0 aliphatic heterocycles. The number of imidazole rings is 1. The van der Waals surface area contributed by atoms with Gasteiger partial charge >= 0.3 is 0 Å². The molecule has 3 atom stereocenters. The maximum Gasteiger partial charge on any atom is 0.145 e. The molecule has 2 aliphatic carbocycles. The van der Waals surface area contributed by atoms with Gasteiger partial charge in [0.25, 0.3) is 0 Å². The van der Waals surface area contributed by atoms with Crippen molar-refractivity contribution in [1.82, 2.24) is 29.4 Å². The molecule has 4 N–H and O–H groups in total. The number of nitrogens with zero attached hydrogens (tertiary/aromatic N) is 5. The molecule has 0 bridgehead atoms. The lowest BCUT2D eigenvalue weighted by Crippen LogP contribution is -2.45. The summed E-state index contributed by atoms with van der Waals surface area (Å²) in [6.45, 7) is 7.68. The summed E-state index contributed by atoms with van der Waals surface area (Å²) in [6, 6.07) is 9.44. The minimum atomic E-state index is -0.290. The Kier molecular flexibility index (Phi) is 6.43. The summed E-state index contributed by atoms with van der Waals surface area (Å²) in [5.74, 6) is 2.64. The van der Waals surface area contributed by atoms with Crippen LogP contribution in [0.15, 0.2) is 36.8 Å². The number of hydrogen-bond donors (Lipinski definition) is 3. The van der Waals surface area contributed by atoms with Crippen LogP contribution in [0.1, 0.15) is 70.3 Å². The van der Waals surface area contributed by atoms with Crippen molar-refractivity contribution in [2.24, 2.45) is 11.8 Å². The molecule has 0 amide bonds. The number of anilines is 1. The second-order valence-electron chi connectivity index (χ2n) is 12.8. The number of aromatic nitrogens is 5. The van der Waals surface area contributed by atoms with Crippen LogP contribution in [0.5, 0.6) is 0 Å². The fourth-order valence-corrected chi connectivity index (χ4v) is 6.59. The summed E-state index contributed by atoms with van der Waals surface area (Å²) in [4.78, 5) is 19.4. The van der Waals surface area contributed by atoms with Gasteiger partial charge in [-0.05, 0) is 80.2 Å². The van der Waals surface area contributed by atoms with E-state index in [1.165, 1.54) is 31.2 Å². The number of aromatic amines is 1. The third-order valence-corrected chi connectivity index (χ3v) is 9.11. The Morgan fingerprint density at radius 3 is 2.74 bits per heavy atom. The first-order valence-corrected chi connectivity index (χ1v) is 14.1. The average Bonchev–Trinajstić information content (AvgIpc) is 3.54. The Balaban J connectivity index is 0.992. The predicted octanol–water partition coefficient (Wildman–Crippen LogP) is 4.84. The van der Waals surface area contributed by atoms with Crippen molar-refractivity contribution < 1.29 is 5.11 Å². The lowest BCUT2D eigenvalue weighted by Gasteiger charge is -2.42. The van der Waals surface area contributed by atoms with Crippen molar-refractivity contribution in [2.45, 2.75) is 82.9 Å². The molecule has 6 rings (SSSR count). The van der Waals surface area contributed by atoms with Gasteiger partial charge in [-0.25, -0.2) is 15.0 Å². The Labute approximate surface area is 224 Å². The molecule has 2 aliphatic rings. The lowest BCUT2D eigenvalue weighted by atomic mass is 9.76. The molecule has 3 aromatic heterocycles. The van der Waals surface area contributed by atoms with Crippen LogP contribution >= 0.6 is 0 Å². The Bertz CT molecular complexity index is 1430. The molecule has 2 saturated carbocycles. The van der Waals surface area contributed by atoms with E-state index in [9.17, 15) is 5.11 Å². The van der Waals surface area contributed by atoms with Gasteiger partial charge in [0.1, 0.15) is 23.6 Å². The molecule has 0 spiro atoms. The van der Waals surface area contributed by atoms with E-state index < -0.39 is 0 Å². The first-order valence-electron chi connectivity index (χ1n) is 14.1. The van der Waals surface area contributed by atoms with Crippen LogP contribution in [-0.2, 0) is 11.8 Å². The maximum absolute atomic E-state index is 10.9. The molecule has 0 radical (unpaired) electrons. The third kappa shape index (κ3) is 4.80. The lowest BCUT2D eigenvalue weighted by molar-refractivity contribution is 0.0529. The zero-order chi connectivity index (χ0) is 26.6. The van der Waals surface area contributed by atoms with Crippen molar-refractivity contribution in [3.63, 3.8) is 0 Å². The number of hydrogen-bond acceptors (Lipinski definition) is 6. The van der Waals surface area contributed by atoms with E-state index in [-0.39, 0.29) is 23.5 Å². The van der Waals surface area contributed by atoms with Gasteiger partial charge in [0.2, 0.25) is 0 Å². The van der Waals surface area contributed by atoms with Gasteiger partial charge in [-0.2, -0.15) is 0 Å². The molecular formula is C30H41N7O. The molecule has 0 saturated heterocycles. The quantitative estimate of drug-likeness (QED) is 0.325. The minimum absolute atomic E-state index is 0.141. The Morgan fingerprint density at radius 1 is 1.13 bits per heavy atom. The predicted molar refractivity (Wildman–Crippen MR) is 152 cm³/mol. The number of nitrogens with two attached hydrogens (primary N) is 1. The van der Waals surface area contributed by atoms with Gasteiger partial charge in [0.05, 0.1) is 22.5 Å². The number of aliphatic hydroxyl groups excluding tert-OH is 1. The van der Waals surface area contributed by atoms with Gasteiger partial charge in [0.15, 0.2) is 0 Å². The van der Waals surface area contributed by atoms with E-state index in [0.717, 1.165) is 59.6 Å². The number of fused-ring (bicyclic) bond motifs is 2. The zero-order valence-corrected chi connectivity index (χ0v) is 23.1. The molecule has 3 heterocycles. The van der Waals surface area contributed by atoms with E-state index in [1.807, 2.05) is 12.3 Å². The topological polar surface area (TPSA) is 109 Å². The molecule has 1 aromatic carbocycles. The highest BCUT2D eigenvalue weighted by atomic mass is 16.3. The van der Waals surface area contributed by atoms with Gasteiger partial charge in [-0.15, -0.1) is 0 Å². The number of aliphatic hydroxyl groups is 1. The normalized spacial score (nSPS) is 26.0. The largest absolute Gasteiger partial charge is 0.393 e. The van der Waals surface area contributed by atoms with Crippen LogP contribution in [0.3, 0.4) is 0 Å². The Hall–Kier alpha value is -2.97. The molecule has 38 heavy (non-hydrogen) atoms. The fourth-order valence-electron chi connectivity index (χ4n) is 6.59. The van der Waals surface area contributed by atoms with Crippen molar-refractivity contribution in [3.8, 4) is 0 Å². The van der Waals surface area contributed by atoms with E-state index in [2.05, 4.69) is 70.4 Å². The second kappa shape index (κ2) is 9.65. The smallest absolute Gasteiger partial charge is 0.145 e. The maximum atomic E-state index is 10.9. The van der Waals surface area contributed by atoms with Crippen molar-refractivity contribution in [1.29, 1.82) is 0 Å². The Morgan fingerprint density at radius 2 is 1.95 bits per heavy atom. The molecular weight excluding hydrogens is 474 g/mol. The molecule has 2 fully saturated rings. The monoisotopic (exact) mass is 515 g/mol. The van der Waals surface area contributed by atoms with Crippen molar-refractivity contribution in [3.05, 3.63) is 48.2 Å². The molecule has 3 unspecified atom stereocenters. The van der Waals surface area contributed by atoms with Crippen LogP contribution in [0.2, 0.25) is 0 Å². The van der Waals surface area contributed by atoms with E-state index in [1.54, 1.807) is 0 Å². The number of nitrogens with one attached hydrogen (secondary N) is 1. The van der Waals surface area contributed by atoms with Crippen LogP contribution < -0.4 is 5.73 Å². The van der Waals surface area contributed by atoms with Crippen LogP contribution in [0, 0.1) is 11.8 Å². The summed E-state index contributed by atoms with van der Waals surface area (Å²) in [5.41, 5.74) is 10.6. The number of rotatable bonds is 7. The highest BCUT2D eigenvalue weighted by molar-refractivity contribution is 5.86. The summed E-state index contributed by atoms with van der Waals surface area (Å²) < 4.78 is 2.18. The summed E-state index contributed by atoms with van der Waals surface area (Å²) >= 11 is 0. The highest BCUT2D eigenvalue weighted by Gasteiger charge is 2.38. The average molecular weight is 516 g/mol. The molecule has 8 nitrogen and oxygen atoms in total. The highest BCUT2D eigenvalue weighted by Crippen LogP contribution is 2.40. The van der Waals surface area contributed by atoms with E-state index in [4.69, 9.17) is 10.7 Å². The van der Waals surface area contributed by atoms with Gasteiger partial charge in [0, 0.05) is 31.2 Å². The third-order valence-electron chi connectivity index (χ3n) is 9.11. The first kappa shape index (κ1) is 25.3. The van der Waals surface area contributed by atoms with Gasteiger partial charge in [-0.3, -0.25) is 0 Å². The van der Waals surface area contributed by atoms with Gasteiger partial charge < -0.3 is 25.3 Å². The molecule has 202 valence electrons. The zero-order valence-electron chi connectivity index (χ0n) is 23.1. The van der Waals surface area contributed by atoms with Crippen molar-refractivity contribution >= 4 is 27.9 Å². The van der Waals surface area contributed by atoms with Gasteiger partial charge in [-0.1, -0.05) is 26.8 Å². The number of H-pyrrole nitrogens is 1. The number of nitrogen functional groups attached to an aromatic ring is 1. The van der Waals surface area contributed by atoms with Crippen molar-refractivity contribution in [2.75, 3.05) is 19.3 Å². The SMILES string of the molecule is CN(CC1CC(n2ccc3c(N)ncnc32)CC1O)C1CC(CCc2nc3ccc(C(C)(C)C)cc3[nH]2)C1. The van der Waals surface area contributed by atoms with Crippen LogP contribution in [0.25, 0.3) is 22.1 Å². The fraction of sp³-hybridized carbons (Fsp3) is 0.567. The summed E-state index contributed by atoms with van der Waals surface area (Å²) in [5, 5.41) is 11.8. The van der Waals surface area contributed by atoms with Crippen LogP contribution in [0.4, 0.5) is 5.82 Å². The minimum Gasteiger partial charge on any atom is -0.393 e. The standard InChI is InChI=1S/C30H41N7O/c1-30(2,3)20-6-7-24-25(14-20)35-27(34-24)8-5-18-11-21(12-18)36(4)16-19-13-22(15-26(19)38)37-10-9-23-28(31)32-17-33-29(23)37/h6-7,9-10,14,17-19,21-22,26,38H,5,8,11-13,15-16H2,1-4H3,(H,34,35)(H2,31,32,33). The summed E-state index contributed by atoms with van der Waals surface area (Å²) in [7, 11) is 2.23. The number of benzene rings is 1.